The summed E-state index contributed by atoms with van der Waals surface area (Å²) in [5.41, 5.74) is 1.34. The van der Waals surface area contributed by atoms with Crippen LogP contribution in [0.2, 0.25) is 0 Å². The third-order valence-corrected chi connectivity index (χ3v) is 6.06. The molecule has 0 radical (unpaired) electrons. The van der Waals surface area contributed by atoms with Gasteiger partial charge in [0.1, 0.15) is 5.82 Å². The van der Waals surface area contributed by atoms with Crippen LogP contribution in [0.1, 0.15) is 32.3 Å². The van der Waals surface area contributed by atoms with Crippen molar-refractivity contribution in [2.75, 3.05) is 39.9 Å². The molecular formula is C23H35FN6O. The van der Waals surface area contributed by atoms with Crippen molar-refractivity contribution in [1.29, 1.82) is 0 Å². The molecule has 2 aromatic rings. The number of nitrogens with one attached hydrogen (secondary N) is 2. The van der Waals surface area contributed by atoms with Gasteiger partial charge in [-0.3, -0.25) is 9.89 Å². The van der Waals surface area contributed by atoms with Gasteiger partial charge in [0.15, 0.2) is 5.96 Å². The second-order valence-corrected chi connectivity index (χ2v) is 7.85. The number of nitrogens with zero attached hydrogens (tertiary/aromatic N) is 4. The highest BCUT2D eigenvalue weighted by Crippen LogP contribution is 2.19. The zero-order chi connectivity index (χ0) is 22.1. The molecule has 0 amide bonds. The van der Waals surface area contributed by atoms with E-state index in [-0.39, 0.29) is 5.82 Å². The number of ether oxygens (including phenoxy) is 1. The molecule has 0 bridgehead atoms. The van der Waals surface area contributed by atoms with Crippen LogP contribution in [0.3, 0.4) is 0 Å². The normalized spacial score (nSPS) is 16.5. The smallest absolute Gasteiger partial charge is 0.191 e. The summed E-state index contributed by atoms with van der Waals surface area (Å²) >= 11 is 0. The van der Waals surface area contributed by atoms with Crippen LogP contribution < -0.4 is 10.6 Å². The number of rotatable bonds is 9. The molecule has 0 aliphatic carbocycles. The number of aliphatic imine (C=N–C) groups is 1. The van der Waals surface area contributed by atoms with Gasteiger partial charge in [0.25, 0.3) is 0 Å². The predicted molar refractivity (Wildman–Crippen MR) is 122 cm³/mol. The Morgan fingerprint density at radius 2 is 2.00 bits per heavy atom. The summed E-state index contributed by atoms with van der Waals surface area (Å²) in [4.78, 5) is 10.9. The number of imidazole rings is 1. The van der Waals surface area contributed by atoms with Gasteiger partial charge in [-0.25, -0.2) is 9.37 Å². The number of aromatic nitrogens is 2. The van der Waals surface area contributed by atoms with Crippen LogP contribution in [0.5, 0.6) is 0 Å². The first-order valence-electron chi connectivity index (χ1n) is 11.2. The van der Waals surface area contributed by atoms with Crippen molar-refractivity contribution in [3.05, 3.63) is 48.3 Å². The van der Waals surface area contributed by atoms with Crippen molar-refractivity contribution < 1.29 is 9.13 Å². The fraction of sp³-hybridized carbons (Fsp3) is 0.565. The van der Waals surface area contributed by atoms with E-state index in [1.807, 2.05) is 6.07 Å². The lowest BCUT2D eigenvalue weighted by molar-refractivity contribution is 0.00272. The Labute approximate surface area is 184 Å². The summed E-state index contributed by atoms with van der Waals surface area (Å²) in [6, 6.07) is 5.67. The van der Waals surface area contributed by atoms with E-state index in [2.05, 4.69) is 39.4 Å². The van der Waals surface area contributed by atoms with Crippen molar-refractivity contribution in [3.63, 3.8) is 0 Å². The Hall–Kier alpha value is -2.45. The van der Waals surface area contributed by atoms with E-state index in [4.69, 9.17) is 4.74 Å². The van der Waals surface area contributed by atoms with Gasteiger partial charge in [-0.05, 0) is 23.6 Å². The average Bonchev–Trinajstić information content (AvgIpc) is 3.33. The summed E-state index contributed by atoms with van der Waals surface area (Å²) in [6.45, 7) is 9.37. The molecule has 1 atom stereocenters. The molecule has 1 aliphatic heterocycles. The highest BCUT2D eigenvalue weighted by Gasteiger charge is 2.27. The van der Waals surface area contributed by atoms with Gasteiger partial charge >= 0.3 is 0 Å². The SMILES string of the molecule is CCC(CC)C(CNC(=NC)NCc1ccc(-n2ccnc2)c(F)c1)N1CCOCC1. The van der Waals surface area contributed by atoms with Gasteiger partial charge in [-0.1, -0.05) is 32.8 Å². The highest BCUT2D eigenvalue weighted by molar-refractivity contribution is 5.79. The first-order valence-corrected chi connectivity index (χ1v) is 11.2. The Bertz CT molecular complexity index is 815. The van der Waals surface area contributed by atoms with Crippen LogP contribution in [0.15, 0.2) is 41.9 Å². The van der Waals surface area contributed by atoms with Gasteiger partial charge in [0.2, 0.25) is 0 Å². The average molecular weight is 431 g/mol. The summed E-state index contributed by atoms with van der Waals surface area (Å²) < 4.78 is 21.7. The zero-order valence-electron chi connectivity index (χ0n) is 18.9. The Morgan fingerprint density at radius 3 is 2.61 bits per heavy atom. The second-order valence-electron chi connectivity index (χ2n) is 7.85. The lowest BCUT2D eigenvalue weighted by atomic mass is 9.92. The molecule has 1 aromatic carbocycles. The van der Waals surface area contributed by atoms with Gasteiger partial charge < -0.3 is 19.9 Å². The molecule has 1 aliphatic rings. The molecule has 1 saturated heterocycles. The predicted octanol–water partition coefficient (Wildman–Crippen LogP) is 2.81. The first-order chi connectivity index (χ1) is 15.2. The lowest BCUT2D eigenvalue weighted by Crippen LogP contribution is -2.53. The molecule has 1 unspecified atom stereocenters. The maximum Gasteiger partial charge on any atom is 0.191 e. The maximum absolute atomic E-state index is 14.5. The monoisotopic (exact) mass is 430 g/mol. The summed E-state index contributed by atoms with van der Waals surface area (Å²) in [6.07, 6.45) is 7.25. The number of halogens is 1. The molecule has 31 heavy (non-hydrogen) atoms. The second kappa shape index (κ2) is 11.8. The van der Waals surface area contributed by atoms with E-state index in [1.165, 1.54) is 0 Å². The largest absolute Gasteiger partial charge is 0.379 e. The Kier molecular flexibility index (Phi) is 8.85. The van der Waals surface area contributed by atoms with Crippen molar-refractivity contribution in [2.24, 2.45) is 10.9 Å². The standard InChI is InChI=1S/C23H35FN6O/c1-4-19(5-2)22(29-10-12-31-13-11-29)16-28-23(25-3)27-15-18-6-7-21(20(24)14-18)30-9-8-26-17-30/h6-9,14,17,19,22H,4-5,10-13,15-16H2,1-3H3,(H2,25,27,28). The van der Waals surface area contributed by atoms with Gasteiger partial charge in [0, 0.05) is 51.7 Å². The molecule has 1 aromatic heterocycles. The quantitative estimate of drug-likeness (QED) is 0.473. The molecule has 3 rings (SSSR count). The molecule has 2 heterocycles. The number of hydrogen-bond acceptors (Lipinski definition) is 4. The minimum absolute atomic E-state index is 0.277. The van der Waals surface area contributed by atoms with E-state index >= 15 is 0 Å². The van der Waals surface area contributed by atoms with E-state index in [1.54, 1.807) is 42.5 Å². The van der Waals surface area contributed by atoms with Crippen LogP contribution in [-0.2, 0) is 11.3 Å². The summed E-state index contributed by atoms with van der Waals surface area (Å²) in [5, 5.41) is 6.80. The molecule has 7 nitrogen and oxygen atoms in total. The minimum Gasteiger partial charge on any atom is -0.379 e. The van der Waals surface area contributed by atoms with Crippen molar-refractivity contribution >= 4 is 5.96 Å². The topological polar surface area (TPSA) is 66.7 Å². The third kappa shape index (κ3) is 6.27. The summed E-state index contributed by atoms with van der Waals surface area (Å²) in [5.74, 6) is 1.07. The van der Waals surface area contributed by atoms with Crippen molar-refractivity contribution in [2.45, 2.75) is 39.3 Å². The fourth-order valence-corrected chi connectivity index (χ4v) is 4.21. The molecule has 8 heteroatoms. The van der Waals surface area contributed by atoms with E-state index < -0.39 is 0 Å². The molecule has 1 fully saturated rings. The van der Waals surface area contributed by atoms with E-state index in [0.717, 1.165) is 57.2 Å². The maximum atomic E-state index is 14.5. The molecule has 0 spiro atoms. The van der Waals surface area contributed by atoms with Crippen LogP contribution in [0.4, 0.5) is 4.39 Å². The number of hydrogen-bond donors (Lipinski definition) is 2. The molecule has 170 valence electrons. The molecule has 2 N–H and O–H groups in total. The van der Waals surface area contributed by atoms with Gasteiger partial charge in [0.05, 0.1) is 25.2 Å². The summed E-state index contributed by atoms with van der Waals surface area (Å²) in [7, 11) is 1.76. The number of guanidine groups is 1. The minimum atomic E-state index is -0.277. The van der Waals surface area contributed by atoms with Crippen LogP contribution in [-0.4, -0.2) is 66.3 Å². The van der Waals surface area contributed by atoms with Crippen LogP contribution in [0, 0.1) is 11.7 Å². The Balaban J connectivity index is 1.57. The molecular weight excluding hydrogens is 395 g/mol. The van der Waals surface area contributed by atoms with Crippen molar-refractivity contribution in [3.8, 4) is 5.69 Å². The van der Waals surface area contributed by atoms with E-state index in [9.17, 15) is 4.39 Å². The highest BCUT2D eigenvalue weighted by atomic mass is 19.1. The number of morpholine rings is 1. The van der Waals surface area contributed by atoms with E-state index in [0.29, 0.717) is 24.2 Å². The zero-order valence-corrected chi connectivity index (χ0v) is 18.9. The number of benzene rings is 1. The third-order valence-electron chi connectivity index (χ3n) is 6.06. The fourth-order valence-electron chi connectivity index (χ4n) is 4.21. The lowest BCUT2D eigenvalue weighted by Gasteiger charge is -2.39. The Morgan fingerprint density at radius 1 is 1.23 bits per heavy atom. The van der Waals surface area contributed by atoms with Gasteiger partial charge in [-0.15, -0.1) is 0 Å². The van der Waals surface area contributed by atoms with Crippen molar-refractivity contribution in [1.82, 2.24) is 25.1 Å². The van der Waals surface area contributed by atoms with Crippen LogP contribution in [0.25, 0.3) is 5.69 Å². The van der Waals surface area contributed by atoms with Crippen LogP contribution >= 0.6 is 0 Å². The molecule has 0 saturated carbocycles. The van der Waals surface area contributed by atoms with Gasteiger partial charge in [-0.2, -0.15) is 0 Å². The first kappa shape index (κ1) is 23.2.